The Hall–Kier alpha value is 0.850. The molecule has 1 N–H and O–H groups in total. The zero-order chi connectivity index (χ0) is 18.3. The van der Waals surface area contributed by atoms with Crippen molar-refractivity contribution in [2.75, 3.05) is 6.61 Å². The van der Waals surface area contributed by atoms with Crippen molar-refractivity contribution in [2.24, 2.45) is 0 Å². The third-order valence-corrected chi connectivity index (χ3v) is 3.89. The van der Waals surface area contributed by atoms with Gasteiger partial charge >= 0.3 is 81.5 Å². The quantitative estimate of drug-likeness (QED) is 0.140. The molecule has 0 aliphatic carbocycles. The van der Waals surface area contributed by atoms with E-state index >= 15 is 0 Å². The maximum absolute atomic E-state index is 11.3. The molecular formula is C16H32Na2O7S. The first-order chi connectivity index (χ1) is 11.3. The molecular weight excluding hydrogens is 382 g/mol. The minimum absolute atomic E-state index is 0. The largest absolute Gasteiger partial charge is 1.00 e. The number of hydrogen-bond acceptors (Lipinski definition) is 6. The predicted octanol–water partition coefficient (Wildman–Crippen LogP) is -2.19. The van der Waals surface area contributed by atoms with Crippen molar-refractivity contribution in [3.05, 3.63) is 0 Å². The minimum atomic E-state index is -4.81. The second kappa shape index (κ2) is 20.6. The Kier molecular flexibility index (Phi) is 25.0. The van der Waals surface area contributed by atoms with Gasteiger partial charge in [0.15, 0.2) is 0 Å². The predicted molar refractivity (Wildman–Crippen MR) is 91.9 cm³/mol. The van der Waals surface area contributed by atoms with Crippen LogP contribution in [0, 0.1) is 0 Å². The molecule has 0 radical (unpaired) electrons. The molecule has 0 heterocycles. The van der Waals surface area contributed by atoms with E-state index < -0.39 is 28.8 Å². The summed E-state index contributed by atoms with van der Waals surface area (Å²) >= 11 is 0. The van der Waals surface area contributed by atoms with Gasteiger partial charge in [0.1, 0.15) is 0 Å². The molecule has 0 aliphatic rings. The maximum atomic E-state index is 11.3. The SMILES string of the molecule is CCCCCCCCCCCCOC(=O)CCC(=O)OS(=O)(=O)O.[H-].[H-].[Na+].[Na+]. The molecule has 0 saturated heterocycles. The Balaban J connectivity index is -0.000000441. The van der Waals surface area contributed by atoms with Crippen molar-refractivity contribution in [1.82, 2.24) is 0 Å². The van der Waals surface area contributed by atoms with E-state index in [0.717, 1.165) is 19.3 Å². The number of hydrogen-bond donors (Lipinski definition) is 1. The monoisotopic (exact) mass is 414 g/mol. The van der Waals surface area contributed by atoms with Gasteiger partial charge < -0.3 is 11.8 Å². The smallest absolute Gasteiger partial charge is 1.00 e. The van der Waals surface area contributed by atoms with Crippen LogP contribution in [-0.4, -0.2) is 31.5 Å². The van der Waals surface area contributed by atoms with Crippen molar-refractivity contribution in [2.45, 2.75) is 84.0 Å². The molecule has 0 fully saturated rings. The Labute approximate surface area is 204 Å². The van der Waals surface area contributed by atoms with Crippen LogP contribution < -0.4 is 59.1 Å². The van der Waals surface area contributed by atoms with Crippen LogP contribution in [-0.2, 0) is 28.9 Å². The van der Waals surface area contributed by atoms with Crippen LogP contribution in [0.25, 0.3) is 0 Å². The molecule has 10 heteroatoms. The summed E-state index contributed by atoms with van der Waals surface area (Å²) in [5, 5.41) is 0. The summed E-state index contributed by atoms with van der Waals surface area (Å²) in [7, 11) is -4.81. The van der Waals surface area contributed by atoms with E-state index in [0.29, 0.717) is 6.61 Å². The molecule has 0 aromatic rings. The second-order valence-corrected chi connectivity index (χ2v) is 6.81. The Bertz CT molecular complexity index is 466. The number of esters is 1. The molecule has 7 nitrogen and oxygen atoms in total. The number of ether oxygens (including phenoxy) is 1. The summed E-state index contributed by atoms with van der Waals surface area (Å²) in [6.45, 7) is 2.50. The van der Waals surface area contributed by atoms with E-state index in [-0.39, 0.29) is 68.4 Å². The Morgan fingerprint density at radius 2 is 1.23 bits per heavy atom. The molecule has 0 unspecified atom stereocenters. The van der Waals surface area contributed by atoms with Crippen molar-refractivity contribution in [3.63, 3.8) is 0 Å². The third kappa shape index (κ3) is 24.8. The van der Waals surface area contributed by atoms with Crippen LogP contribution in [0.2, 0.25) is 0 Å². The van der Waals surface area contributed by atoms with Crippen LogP contribution in [0.15, 0.2) is 0 Å². The van der Waals surface area contributed by atoms with E-state index in [1.54, 1.807) is 0 Å². The molecule has 0 aliphatic heterocycles. The number of carbonyl (C=O) groups excluding carboxylic acids is 2. The fourth-order valence-corrected chi connectivity index (χ4v) is 2.53. The molecule has 0 aromatic carbocycles. The first-order valence-corrected chi connectivity index (χ1v) is 10.1. The average Bonchev–Trinajstić information content (AvgIpc) is 2.49. The molecule has 0 bridgehead atoms. The van der Waals surface area contributed by atoms with Gasteiger partial charge in [-0.3, -0.25) is 14.1 Å². The second-order valence-electron chi connectivity index (χ2n) is 5.79. The molecule has 0 atom stereocenters. The Morgan fingerprint density at radius 3 is 1.69 bits per heavy atom. The first-order valence-electron chi connectivity index (χ1n) is 8.70. The summed E-state index contributed by atoms with van der Waals surface area (Å²) in [5.41, 5.74) is 0. The van der Waals surface area contributed by atoms with Crippen molar-refractivity contribution < 1.29 is 93.4 Å². The maximum Gasteiger partial charge on any atom is 1.00 e. The first kappa shape index (κ1) is 31.5. The molecule has 0 amide bonds. The molecule has 0 aromatic heterocycles. The summed E-state index contributed by atoms with van der Waals surface area (Å²) in [4.78, 5) is 22.3. The molecule has 0 saturated carbocycles. The van der Waals surface area contributed by atoms with E-state index in [9.17, 15) is 18.0 Å². The van der Waals surface area contributed by atoms with E-state index in [1.165, 1.54) is 44.9 Å². The van der Waals surface area contributed by atoms with Gasteiger partial charge in [-0.1, -0.05) is 64.7 Å². The van der Waals surface area contributed by atoms with E-state index in [1.807, 2.05) is 0 Å². The molecule has 26 heavy (non-hydrogen) atoms. The molecule has 0 rings (SSSR count). The van der Waals surface area contributed by atoms with Gasteiger partial charge in [0.05, 0.1) is 19.4 Å². The van der Waals surface area contributed by atoms with Crippen LogP contribution in [0.4, 0.5) is 0 Å². The minimum Gasteiger partial charge on any atom is -1.00 e. The number of unbranched alkanes of at least 4 members (excludes halogenated alkanes) is 9. The molecule has 146 valence electrons. The zero-order valence-electron chi connectivity index (χ0n) is 18.5. The van der Waals surface area contributed by atoms with Gasteiger partial charge in [0, 0.05) is 0 Å². The summed E-state index contributed by atoms with van der Waals surface area (Å²) in [6.07, 6.45) is 11.1. The number of carbonyl (C=O) groups is 2. The normalized spacial score (nSPS) is 10.4. The van der Waals surface area contributed by atoms with Gasteiger partial charge in [-0.25, -0.2) is 0 Å². The molecule has 0 spiro atoms. The van der Waals surface area contributed by atoms with E-state index in [4.69, 9.17) is 9.29 Å². The topological polar surface area (TPSA) is 107 Å². The fourth-order valence-electron chi connectivity index (χ4n) is 2.21. The van der Waals surface area contributed by atoms with Crippen molar-refractivity contribution >= 4 is 22.3 Å². The Morgan fingerprint density at radius 1 is 0.808 bits per heavy atom. The van der Waals surface area contributed by atoms with Gasteiger partial charge in [0.25, 0.3) is 0 Å². The summed E-state index contributed by atoms with van der Waals surface area (Å²) in [6, 6.07) is 0. The standard InChI is InChI=1S/C16H30O7S.2Na.2H/c1-2-3-4-5-6-7-8-9-10-11-14-22-15(17)12-13-16(18)23-24(19,20)21;;;;/h2-14H2,1H3,(H,19,20,21);;;;/q;2*+1;2*-1. The van der Waals surface area contributed by atoms with Crippen molar-refractivity contribution in [3.8, 4) is 0 Å². The average molecular weight is 414 g/mol. The summed E-state index contributed by atoms with van der Waals surface area (Å²) in [5.74, 6) is -1.77. The van der Waals surface area contributed by atoms with Gasteiger partial charge in [-0.2, -0.15) is 8.42 Å². The van der Waals surface area contributed by atoms with Crippen LogP contribution in [0.5, 0.6) is 0 Å². The van der Waals surface area contributed by atoms with Gasteiger partial charge in [-0.05, 0) is 6.42 Å². The van der Waals surface area contributed by atoms with Gasteiger partial charge in [0.2, 0.25) is 0 Å². The summed E-state index contributed by atoms with van der Waals surface area (Å²) < 4.78 is 37.4. The van der Waals surface area contributed by atoms with Crippen molar-refractivity contribution in [1.29, 1.82) is 0 Å². The third-order valence-electron chi connectivity index (χ3n) is 3.49. The zero-order valence-corrected chi connectivity index (χ0v) is 21.3. The van der Waals surface area contributed by atoms with Crippen LogP contribution in [0.1, 0.15) is 86.8 Å². The van der Waals surface area contributed by atoms with Crippen LogP contribution in [0.3, 0.4) is 0 Å². The fraction of sp³-hybridized carbons (Fsp3) is 0.875. The number of rotatable bonds is 15. The van der Waals surface area contributed by atoms with Gasteiger partial charge in [-0.15, -0.1) is 0 Å². The van der Waals surface area contributed by atoms with Crippen LogP contribution >= 0.6 is 0 Å². The van der Waals surface area contributed by atoms with E-state index in [2.05, 4.69) is 11.1 Å².